The third-order valence-corrected chi connectivity index (χ3v) is 9.41. The van der Waals surface area contributed by atoms with Crippen molar-refractivity contribution < 1.29 is 8.83 Å². The normalized spacial score (nSPS) is 11.8. The van der Waals surface area contributed by atoms with Crippen LogP contribution in [0.5, 0.6) is 0 Å². The summed E-state index contributed by atoms with van der Waals surface area (Å²) in [4.78, 5) is 18.6. The Bertz CT molecular complexity index is 2090. The average molecular weight is 589 g/mol. The molecule has 0 bridgehead atoms. The summed E-state index contributed by atoms with van der Waals surface area (Å²) in [6.07, 6.45) is 0. The van der Waals surface area contributed by atoms with E-state index in [1.807, 2.05) is 36.4 Å². The van der Waals surface area contributed by atoms with E-state index in [9.17, 15) is 0 Å². The van der Waals surface area contributed by atoms with E-state index in [4.69, 9.17) is 18.8 Å². The number of rotatable bonds is 5. The van der Waals surface area contributed by atoms with Crippen molar-refractivity contribution in [1.29, 1.82) is 0 Å². The fourth-order valence-corrected chi connectivity index (χ4v) is 6.84. The lowest BCUT2D eigenvalue weighted by Gasteiger charge is -2.00. The van der Waals surface area contributed by atoms with Crippen LogP contribution in [0.15, 0.2) is 69.5 Å². The highest BCUT2D eigenvalue weighted by Gasteiger charge is 2.14. The minimum absolute atomic E-state index is 0.413. The summed E-state index contributed by atoms with van der Waals surface area (Å²) in [5.41, 5.74) is 11.8. The second-order valence-electron chi connectivity index (χ2n) is 10.5. The van der Waals surface area contributed by atoms with E-state index in [-0.39, 0.29) is 0 Å². The maximum absolute atomic E-state index is 6.07. The van der Waals surface area contributed by atoms with E-state index in [1.165, 1.54) is 22.3 Å². The summed E-state index contributed by atoms with van der Waals surface area (Å²) in [7, 11) is 0. The van der Waals surface area contributed by atoms with Gasteiger partial charge in [-0.15, -0.1) is 0 Å². The number of nitrogens with one attached hydrogen (secondary N) is 2. The molecule has 0 aliphatic carbocycles. The Morgan fingerprint density at radius 2 is 0.929 bits per heavy atom. The predicted octanol–water partition coefficient (Wildman–Crippen LogP) is 9.58. The van der Waals surface area contributed by atoms with Crippen LogP contribution >= 0.6 is 22.7 Å². The minimum atomic E-state index is 0.413. The molecule has 8 aromatic rings. The first-order chi connectivity index (χ1) is 20.3. The van der Waals surface area contributed by atoms with E-state index in [0.29, 0.717) is 23.2 Å². The maximum Gasteiger partial charge on any atom is 0.302 e. The van der Waals surface area contributed by atoms with E-state index in [0.717, 1.165) is 52.9 Å². The second kappa shape index (κ2) is 9.37. The average Bonchev–Trinajstić information content (AvgIpc) is 3.73. The molecule has 4 aromatic carbocycles. The lowest BCUT2D eigenvalue weighted by molar-refractivity contribution is 0.622. The van der Waals surface area contributed by atoms with Gasteiger partial charge in [0, 0.05) is 0 Å². The van der Waals surface area contributed by atoms with Gasteiger partial charge in [-0.3, -0.25) is 10.6 Å². The van der Waals surface area contributed by atoms with E-state index in [2.05, 4.69) is 72.6 Å². The molecule has 0 radical (unpaired) electrons. The molecule has 8 nitrogen and oxygen atoms in total. The maximum atomic E-state index is 6.07. The number of fused-ring (bicyclic) bond motifs is 4. The van der Waals surface area contributed by atoms with Crippen LogP contribution in [0.1, 0.15) is 22.3 Å². The Kier molecular flexibility index (Phi) is 5.56. The molecule has 0 saturated carbocycles. The van der Waals surface area contributed by atoms with Gasteiger partial charge < -0.3 is 8.83 Å². The number of hydrogen-bond acceptors (Lipinski definition) is 10. The number of oxazole rings is 2. The van der Waals surface area contributed by atoms with Crippen LogP contribution in [0, 0.1) is 27.7 Å². The van der Waals surface area contributed by atoms with Gasteiger partial charge >= 0.3 is 12.0 Å². The quantitative estimate of drug-likeness (QED) is 0.205. The van der Waals surface area contributed by atoms with Crippen LogP contribution in [0.4, 0.5) is 22.3 Å². The van der Waals surface area contributed by atoms with Crippen LogP contribution in [-0.4, -0.2) is 19.9 Å². The first-order valence-electron chi connectivity index (χ1n) is 13.5. The molecule has 0 saturated heterocycles. The molecule has 10 heteroatoms. The number of nitrogens with zero attached hydrogens (tertiary/aromatic N) is 4. The second-order valence-corrected chi connectivity index (χ2v) is 12.6. The third-order valence-electron chi connectivity index (χ3n) is 7.55. The monoisotopic (exact) mass is 588 g/mol. The van der Waals surface area contributed by atoms with Crippen molar-refractivity contribution in [1.82, 2.24) is 19.9 Å². The molecule has 4 aromatic heterocycles. The number of benzene rings is 4. The summed E-state index contributed by atoms with van der Waals surface area (Å²) >= 11 is 3.17. The lowest BCUT2D eigenvalue weighted by atomic mass is 10.1. The van der Waals surface area contributed by atoms with Gasteiger partial charge in [-0.1, -0.05) is 34.8 Å². The number of aryl methyl sites for hydroxylation is 4. The molecule has 0 fully saturated rings. The minimum Gasteiger partial charge on any atom is -0.423 e. The first-order valence-corrected chi connectivity index (χ1v) is 15.1. The molecule has 0 unspecified atom stereocenters. The number of anilines is 4. The van der Waals surface area contributed by atoms with E-state index >= 15 is 0 Å². The summed E-state index contributed by atoms with van der Waals surface area (Å²) in [6, 6.07) is 21.3. The molecule has 0 aliphatic heterocycles. The number of aromatic nitrogens is 4. The zero-order chi connectivity index (χ0) is 28.5. The largest absolute Gasteiger partial charge is 0.423 e. The van der Waals surface area contributed by atoms with Crippen molar-refractivity contribution in [3.8, 4) is 11.1 Å². The lowest BCUT2D eigenvalue weighted by Crippen LogP contribution is -1.88. The van der Waals surface area contributed by atoms with Crippen molar-refractivity contribution in [3.05, 3.63) is 82.9 Å². The van der Waals surface area contributed by atoms with Crippen molar-refractivity contribution in [3.63, 3.8) is 0 Å². The SMILES string of the molecule is Cc1cc2nc(Nc3nc4ccc(-c5ccc6nc(Nc7nc8cc(C)c(C)cc8s7)oc6c5)cc4o3)sc2cc1C. The highest BCUT2D eigenvalue weighted by Crippen LogP contribution is 2.34. The van der Waals surface area contributed by atoms with Gasteiger partial charge in [-0.05, 0) is 110 Å². The highest BCUT2D eigenvalue weighted by atomic mass is 32.1. The number of hydrogen-bond donors (Lipinski definition) is 2. The molecule has 0 aliphatic rings. The molecule has 2 N–H and O–H groups in total. The molecule has 0 atom stereocenters. The van der Waals surface area contributed by atoms with Crippen molar-refractivity contribution in [2.24, 2.45) is 0 Å². The fourth-order valence-electron chi connectivity index (χ4n) is 4.97. The molecule has 42 heavy (non-hydrogen) atoms. The Labute approximate surface area is 248 Å². The Morgan fingerprint density at radius 3 is 1.38 bits per heavy atom. The Morgan fingerprint density at radius 1 is 0.500 bits per heavy atom. The van der Waals surface area contributed by atoms with Gasteiger partial charge in [0.1, 0.15) is 11.0 Å². The fraction of sp³-hybridized carbons (Fsp3) is 0.125. The molecule has 8 rings (SSSR count). The Balaban J connectivity index is 1.05. The molecular formula is C32H24N6O2S2. The summed E-state index contributed by atoms with van der Waals surface area (Å²) in [5, 5.41) is 7.97. The molecule has 4 heterocycles. The van der Waals surface area contributed by atoms with Crippen LogP contribution in [0.25, 0.3) is 53.8 Å². The zero-order valence-corrected chi connectivity index (χ0v) is 24.8. The number of thiazole rings is 2. The van der Waals surface area contributed by atoms with Gasteiger partial charge in [0.05, 0.1) is 20.4 Å². The first kappa shape index (κ1) is 25.0. The molecule has 206 valence electrons. The van der Waals surface area contributed by atoms with Gasteiger partial charge in [0.2, 0.25) is 0 Å². The summed E-state index contributed by atoms with van der Waals surface area (Å²) in [6.45, 7) is 8.42. The van der Waals surface area contributed by atoms with Gasteiger partial charge in [0.15, 0.2) is 21.4 Å². The summed E-state index contributed by atoms with van der Waals surface area (Å²) < 4.78 is 14.4. The van der Waals surface area contributed by atoms with Gasteiger partial charge in [-0.25, -0.2) is 9.97 Å². The molecule has 0 amide bonds. The van der Waals surface area contributed by atoms with Gasteiger partial charge in [0.25, 0.3) is 0 Å². The van der Waals surface area contributed by atoms with E-state index in [1.54, 1.807) is 22.7 Å². The van der Waals surface area contributed by atoms with Crippen molar-refractivity contribution >= 4 is 87.6 Å². The van der Waals surface area contributed by atoms with Crippen LogP contribution in [0.3, 0.4) is 0 Å². The smallest absolute Gasteiger partial charge is 0.302 e. The molecular weight excluding hydrogens is 565 g/mol. The van der Waals surface area contributed by atoms with Gasteiger partial charge in [-0.2, -0.15) is 9.97 Å². The summed E-state index contributed by atoms with van der Waals surface area (Å²) in [5.74, 6) is 0. The van der Waals surface area contributed by atoms with E-state index < -0.39 is 0 Å². The predicted molar refractivity (Wildman–Crippen MR) is 172 cm³/mol. The highest BCUT2D eigenvalue weighted by molar-refractivity contribution is 7.22. The van der Waals surface area contributed by atoms with Crippen LogP contribution in [-0.2, 0) is 0 Å². The standard InChI is InChI=1S/C32H24N6O2S2/c1-15-9-23-27(11-17(15)3)41-31(35-23)37-29-33-21-7-5-19(13-25(21)39-29)20-6-8-22-26(14-20)40-30(34-22)38-32-36-24-10-16(2)18(4)12-28(24)42-32/h5-14H,1-4H3,(H,33,35,37)(H,34,36,38). The third kappa shape index (κ3) is 4.36. The van der Waals surface area contributed by atoms with Crippen LogP contribution < -0.4 is 10.6 Å². The van der Waals surface area contributed by atoms with Crippen molar-refractivity contribution in [2.45, 2.75) is 27.7 Å². The van der Waals surface area contributed by atoms with Crippen LogP contribution in [0.2, 0.25) is 0 Å². The van der Waals surface area contributed by atoms with Crippen molar-refractivity contribution in [2.75, 3.05) is 10.6 Å². The topological polar surface area (TPSA) is 102 Å². The molecule has 0 spiro atoms. The Hall–Kier alpha value is -4.80. The zero-order valence-electron chi connectivity index (χ0n) is 23.2.